The fraction of sp³-hybridized carbons (Fsp3) is 0.333. The summed E-state index contributed by atoms with van der Waals surface area (Å²) in [5.41, 5.74) is 0.435. The van der Waals surface area contributed by atoms with Gasteiger partial charge in [0.1, 0.15) is 11.5 Å². The highest BCUT2D eigenvalue weighted by molar-refractivity contribution is 5.88. The van der Waals surface area contributed by atoms with Gasteiger partial charge in [0.15, 0.2) is 5.82 Å². The zero-order valence-corrected chi connectivity index (χ0v) is 12.6. The van der Waals surface area contributed by atoms with Crippen LogP contribution in [-0.4, -0.2) is 18.3 Å². The molecule has 2 aromatic rings. The van der Waals surface area contributed by atoms with Crippen molar-refractivity contribution in [3.63, 3.8) is 0 Å². The number of aryl methyl sites for hydroxylation is 1. The van der Waals surface area contributed by atoms with E-state index in [2.05, 4.69) is 15.8 Å². The summed E-state index contributed by atoms with van der Waals surface area (Å²) in [7, 11) is 1.62. The number of hydrogen-bond acceptors (Lipinski definition) is 4. The zero-order valence-electron chi connectivity index (χ0n) is 12.6. The lowest BCUT2D eigenvalue weighted by atomic mass is 9.94. The Morgan fingerprint density at radius 3 is 2.48 bits per heavy atom. The molecule has 2 amide bonds. The minimum absolute atomic E-state index is 0.343. The SMILES string of the molecule is COc1ccc(C(C)(C)NC(=O)Nc2cc(C)on2)cc1. The Labute approximate surface area is 123 Å². The van der Waals surface area contributed by atoms with Gasteiger partial charge in [0.25, 0.3) is 0 Å². The number of nitrogens with one attached hydrogen (secondary N) is 2. The number of methoxy groups -OCH3 is 1. The Balaban J connectivity index is 2.03. The number of aromatic nitrogens is 1. The second kappa shape index (κ2) is 5.87. The number of urea groups is 1. The van der Waals surface area contributed by atoms with Crippen LogP contribution in [0.15, 0.2) is 34.9 Å². The molecule has 0 saturated carbocycles. The maximum atomic E-state index is 12.0. The maximum absolute atomic E-state index is 12.0. The number of carbonyl (C=O) groups excluding carboxylic acids is 1. The predicted octanol–water partition coefficient (Wildman–Crippen LogP) is 3.05. The topological polar surface area (TPSA) is 76.4 Å². The second-order valence-electron chi connectivity index (χ2n) is 5.26. The molecule has 0 aliphatic carbocycles. The third kappa shape index (κ3) is 3.75. The summed E-state index contributed by atoms with van der Waals surface area (Å²) in [6.45, 7) is 5.60. The van der Waals surface area contributed by atoms with E-state index in [0.29, 0.717) is 11.6 Å². The summed E-state index contributed by atoms with van der Waals surface area (Å²) in [5, 5.41) is 9.24. The molecule has 1 aromatic carbocycles. The second-order valence-corrected chi connectivity index (χ2v) is 5.26. The molecule has 2 N–H and O–H groups in total. The Morgan fingerprint density at radius 2 is 1.95 bits per heavy atom. The molecular formula is C15H19N3O3. The largest absolute Gasteiger partial charge is 0.497 e. The lowest BCUT2D eigenvalue weighted by Crippen LogP contribution is -2.43. The first-order valence-electron chi connectivity index (χ1n) is 6.58. The first-order chi connectivity index (χ1) is 9.90. The van der Waals surface area contributed by atoms with Gasteiger partial charge < -0.3 is 14.6 Å². The third-order valence-electron chi connectivity index (χ3n) is 3.11. The molecule has 0 unspecified atom stereocenters. The van der Waals surface area contributed by atoms with Crippen molar-refractivity contribution in [1.29, 1.82) is 0 Å². The number of anilines is 1. The maximum Gasteiger partial charge on any atom is 0.321 e. The fourth-order valence-electron chi connectivity index (χ4n) is 1.94. The van der Waals surface area contributed by atoms with Gasteiger partial charge in [0.2, 0.25) is 0 Å². The standard InChI is InChI=1S/C15H19N3O3/c1-10-9-13(18-21-10)16-14(19)17-15(2,3)11-5-7-12(20-4)8-6-11/h5-9H,1-4H3,(H2,16,17,18,19). The number of amides is 2. The van der Waals surface area contributed by atoms with Crippen LogP contribution >= 0.6 is 0 Å². The molecule has 112 valence electrons. The van der Waals surface area contributed by atoms with Gasteiger partial charge >= 0.3 is 6.03 Å². The van der Waals surface area contributed by atoms with E-state index < -0.39 is 5.54 Å². The Bertz CT molecular complexity index is 617. The number of ether oxygens (including phenoxy) is 1. The van der Waals surface area contributed by atoms with Crippen molar-refractivity contribution in [3.05, 3.63) is 41.7 Å². The van der Waals surface area contributed by atoms with Crippen molar-refractivity contribution in [2.75, 3.05) is 12.4 Å². The third-order valence-corrected chi connectivity index (χ3v) is 3.11. The molecule has 1 aromatic heterocycles. The van der Waals surface area contributed by atoms with Gasteiger partial charge in [0.05, 0.1) is 12.6 Å². The van der Waals surface area contributed by atoms with E-state index in [1.54, 1.807) is 20.1 Å². The molecule has 6 nitrogen and oxygen atoms in total. The van der Waals surface area contributed by atoms with Crippen molar-refractivity contribution < 1.29 is 14.1 Å². The van der Waals surface area contributed by atoms with Crippen LogP contribution in [0.5, 0.6) is 5.75 Å². The van der Waals surface area contributed by atoms with Crippen molar-refractivity contribution in [3.8, 4) is 5.75 Å². The minimum Gasteiger partial charge on any atom is -0.497 e. The molecule has 2 rings (SSSR count). The van der Waals surface area contributed by atoms with Gasteiger partial charge in [0, 0.05) is 6.07 Å². The van der Waals surface area contributed by atoms with Crippen LogP contribution in [0.1, 0.15) is 25.2 Å². The molecule has 0 spiro atoms. The predicted molar refractivity (Wildman–Crippen MR) is 79.4 cm³/mol. The van der Waals surface area contributed by atoms with Crippen LogP contribution < -0.4 is 15.4 Å². The molecule has 0 aliphatic rings. The normalized spacial score (nSPS) is 11.0. The van der Waals surface area contributed by atoms with Gasteiger partial charge in [-0.2, -0.15) is 0 Å². The number of benzene rings is 1. The van der Waals surface area contributed by atoms with Crippen molar-refractivity contribution >= 4 is 11.8 Å². The Morgan fingerprint density at radius 1 is 1.29 bits per heavy atom. The lowest BCUT2D eigenvalue weighted by Gasteiger charge is -2.26. The molecule has 0 aliphatic heterocycles. The molecule has 6 heteroatoms. The molecule has 1 heterocycles. The molecule has 0 fully saturated rings. The number of hydrogen-bond donors (Lipinski definition) is 2. The number of nitrogens with zero attached hydrogens (tertiary/aromatic N) is 1. The van der Waals surface area contributed by atoms with Gasteiger partial charge in [-0.15, -0.1) is 0 Å². The minimum atomic E-state index is -0.533. The van der Waals surface area contributed by atoms with Crippen LogP contribution in [0.25, 0.3) is 0 Å². The van der Waals surface area contributed by atoms with E-state index in [9.17, 15) is 4.79 Å². The molecular weight excluding hydrogens is 270 g/mol. The summed E-state index contributed by atoms with van der Waals surface area (Å²) >= 11 is 0. The van der Waals surface area contributed by atoms with Crippen LogP contribution in [0.4, 0.5) is 10.6 Å². The van der Waals surface area contributed by atoms with Crippen molar-refractivity contribution in [2.45, 2.75) is 26.3 Å². The molecule has 0 saturated heterocycles. The lowest BCUT2D eigenvalue weighted by molar-refractivity contribution is 0.241. The molecule has 0 atom stereocenters. The molecule has 21 heavy (non-hydrogen) atoms. The van der Waals surface area contributed by atoms with Crippen LogP contribution in [-0.2, 0) is 5.54 Å². The van der Waals surface area contributed by atoms with Gasteiger partial charge in [-0.25, -0.2) is 4.79 Å². The number of carbonyl (C=O) groups is 1. The highest BCUT2D eigenvalue weighted by atomic mass is 16.5. The quantitative estimate of drug-likeness (QED) is 0.907. The van der Waals surface area contributed by atoms with E-state index in [1.807, 2.05) is 38.1 Å². The first kappa shape index (κ1) is 14.9. The average Bonchev–Trinajstić information content (AvgIpc) is 2.83. The van der Waals surface area contributed by atoms with Gasteiger partial charge in [-0.3, -0.25) is 5.32 Å². The van der Waals surface area contributed by atoms with E-state index in [1.165, 1.54) is 0 Å². The monoisotopic (exact) mass is 289 g/mol. The summed E-state index contributed by atoms with van der Waals surface area (Å²) in [5.74, 6) is 1.80. The highest BCUT2D eigenvalue weighted by Gasteiger charge is 2.23. The van der Waals surface area contributed by atoms with E-state index >= 15 is 0 Å². The van der Waals surface area contributed by atoms with E-state index in [0.717, 1.165) is 11.3 Å². The van der Waals surface area contributed by atoms with Crippen molar-refractivity contribution in [2.24, 2.45) is 0 Å². The van der Waals surface area contributed by atoms with E-state index in [-0.39, 0.29) is 6.03 Å². The zero-order chi connectivity index (χ0) is 15.5. The Kier molecular flexibility index (Phi) is 4.16. The van der Waals surface area contributed by atoms with Gasteiger partial charge in [-0.1, -0.05) is 17.3 Å². The average molecular weight is 289 g/mol. The Hall–Kier alpha value is -2.50. The van der Waals surface area contributed by atoms with Crippen molar-refractivity contribution in [1.82, 2.24) is 10.5 Å². The summed E-state index contributed by atoms with van der Waals surface area (Å²) in [4.78, 5) is 12.0. The summed E-state index contributed by atoms with van der Waals surface area (Å²) in [6, 6.07) is 8.86. The van der Waals surface area contributed by atoms with Gasteiger partial charge in [-0.05, 0) is 38.5 Å². The number of rotatable bonds is 4. The highest BCUT2D eigenvalue weighted by Crippen LogP contribution is 2.22. The van der Waals surface area contributed by atoms with Crippen LogP contribution in [0.2, 0.25) is 0 Å². The molecule has 0 radical (unpaired) electrons. The van der Waals surface area contributed by atoms with E-state index in [4.69, 9.17) is 9.26 Å². The molecule has 0 bridgehead atoms. The fourth-order valence-corrected chi connectivity index (χ4v) is 1.94. The van der Waals surface area contributed by atoms with Crippen LogP contribution in [0.3, 0.4) is 0 Å². The van der Waals surface area contributed by atoms with Crippen LogP contribution in [0, 0.1) is 6.92 Å². The smallest absolute Gasteiger partial charge is 0.321 e. The summed E-state index contributed by atoms with van der Waals surface area (Å²) < 4.78 is 10.0. The summed E-state index contributed by atoms with van der Waals surface area (Å²) in [6.07, 6.45) is 0. The first-order valence-corrected chi connectivity index (χ1v) is 6.58.